The summed E-state index contributed by atoms with van der Waals surface area (Å²) < 4.78 is 5.85. The molecule has 0 aromatic heterocycles. The van der Waals surface area contributed by atoms with Crippen molar-refractivity contribution in [2.24, 2.45) is 17.3 Å². The molecule has 0 heterocycles. The average Bonchev–Trinajstić information content (AvgIpc) is 2.74. The summed E-state index contributed by atoms with van der Waals surface area (Å²) in [7, 11) is 0. The normalized spacial score (nSPS) is 16.9. The van der Waals surface area contributed by atoms with Gasteiger partial charge in [-0.1, -0.05) is 111 Å². The quantitative estimate of drug-likeness (QED) is 0.129. The van der Waals surface area contributed by atoms with Gasteiger partial charge in [-0.15, -0.1) is 0 Å². The molecule has 1 aliphatic carbocycles. The van der Waals surface area contributed by atoms with Crippen LogP contribution in [0, 0.1) is 17.3 Å². The van der Waals surface area contributed by atoms with Crippen LogP contribution in [0.3, 0.4) is 0 Å². The van der Waals surface area contributed by atoms with E-state index in [0.717, 1.165) is 44.4 Å². The van der Waals surface area contributed by atoms with Crippen molar-refractivity contribution in [1.29, 1.82) is 0 Å². The van der Waals surface area contributed by atoms with Crippen molar-refractivity contribution in [2.45, 2.75) is 149 Å². The minimum absolute atomic E-state index is 0.147. The van der Waals surface area contributed by atoms with Gasteiger partial charge in [0.25, 0.3) is 0 Å². The summed E-state index contributed by atoms with van der Waals surface area (Å²) >= 11 is 0. The topological polar surface area (TPSA) is 63.6 Å². The number of esters is 1. The lowest BCUT2D eigenvalue weighted by Gasteiger charge is -2.32. The molecule has 0 amide bonds. The molecule has 0 saturated heterocycles. The van der Waals surface area contributed by atoms with Gasteiger partial charge in [-0.25, -0.2) is 0 Å². The van der Waals surface area contributed by atoms with E-state index in [1.165, 1.54) is 64.2 Å². The Kier molecular flexibility index (Phi) is 15.0. The van der Waals surface area contributed by atoms with Crippen LogP contribution < -0.4 is 0 Å². The summed E-state index contributed by atoms with van der Waals surface area (Å²) in [5.41, 5.74) is -1.30. The second kappa shape index (κ2) is 16.5. The van der Waals surface area contributed by atoms with E-state index in [4.69, 9.17) is 4.74 Å². The molecule has 1 fully saturated rings. The highest BCUT2D eigenvalue weighted by Crippen LogP contribution is 2.38. The second-order valence-electron chi connectivity index (χ2n) is 11.1. The van der Waals surface area contributed by atoms with E-state index in [0.29, 0.717) is 18.8 Å². The average molecular weight is 453 g/mol. The van der Waals surface area contributed by atoms with Gasteiger partial charge >= 0.3 is 11.9 Å². The highest BCUT2D eigenvalue weighted by atomic mass is 16.5. The molecule has 0 aliphatic heterocycles. The molecule has 32 heavy (non-hydrogen) atoms. The summed E-state index contributed by atoms with van der Waals surface area (Å²) in [6, 6.07) is 0. The fourth-order valence-electron chi connectivity index (χ4n) is 5.01. The zero-order valence-electron chi connectivity index (χ0n) is 21.6. The van der Waals surface area contributed by atoms with Crippen molar-refractivity contribution in [3.63, 3.8) is 0 Å². The Morgan fingerprint density at radius 1 is 0.719 bits per heavy atom. The highest BCUT2D eigenvalue weighted by Gasteiger charge is 2.48. The third-order valence-corrected chi connectivity index (χ3v) is 7.07. The van der Waals surface area contributed by atoms with Gasteiger partial charge in [-0.2, -0.15) is 0 Å². The largest absolute Gasteiger partial charge is 0.480 e. The molecule has 1 atom stereocenters. The lowest BCUT2D eigenvalue weighted by atomic mass is 9.74. The SMILES string of the molecule is CC(C)CCCCCCCCCCCCC(CC(C)C)OC(=O)C1(C(=O)O)CCCCC1. The Labute approximate surface area is 198 Å². The lowest BCUT2D eigenvalue weighted by molar-refractivity contribution is -0.176. The van der Waals surface area contributed by atoms with Crippen LogP contribution in [-0.2, 0) is 14.3 Å². The van der Waals surface area contributed by atoms with Crippen molar-refractivity contribution in [3.8, 4) is 0 Å². The zero-order valence-corrected chi connectivity index (χ0v) is 21.6. The number of hydrogen-bond acceptors (Lipinski definition) is 3. The zero-order chi connectivity index (χ0) is 23.8. The molecule has 1 unspecified atom stereocenters. The molecular weight excluding hydrogens is 400 g/mol. The Morgan fingerprint density at radius 3 is 1.62 bits per heavy atom. The number of hydrogen-bond donors (Lipinski definition) is 1. The Bertz CT molecular complexity index is 506. The number of carbonyl (C=O) groups is 2. The van der Waals surface area contributed by atoms with Gasteiger partial charge in [-0.05, 0) is 43.9 Å². The van der Waals surface area contributed by atoms with E-state index < -0.39 is 17.4 Å². The Hall–Kier alpha value is -1.06. The predicted octanol–water partition coefficient (Wildman–Crippen LogP) is 8.32. The smallest absolute Gasteiger partial charge is 0.323 e. The molecule has 1 saturated carbocycles. The summed E-state index contributed by atoms with van der Waals surface area (Å²) in [5, 5.41) is 9.75. The third-order valence-electron chi connectivity index (χ3n) is 7.07. The number of aliphatic carboxylic acids is 1. The van der Waals surface area contributed by atoms with Crippen molar-refractivity contribution in [2.75, 3.05) is 0 Å². The van der Waals surface area contributed by atoms with Crippen LogP contribution in [0.15, 0.2) is 0 Å². The highest BCUT2D eigenvalue weighted by molar-refractivity contribution is 5.99. The van der Waals surface area contributed by atoms with Crippen LogP contribution in [0.5, 0.6) is 0 Å². The third kappa shape index (κ3) is 11.7. The van der Waals surface area contributed by atoms with Crippen LogP contribution in [0.2, 0.25) is 0 Å². The molecule has 0 spiro atoms. The van der Waals surface area contributed by atoms with Crippen LogP contribution in [-0.4, -0.2) is 23.1 Å². The lowest BCUT2D eigenvalue weighted by Crippen LogP contribution is -2.43. The number of ether oxygens (including phenoxy) is 1. The fourth-order valence-corrected chi connectivity index (χ4v) is 5.01. The molecule has 1 aliphatic rings. The van der Waals surface area contributed by atoms with E-state index in [-0.39, 0.29) is 6.10 Å². The van der Waals surface area contributed by atoms with E-state index in [1.807, 2.05) is 0 Å². The minimum Gasteiger partial charge on any atom is -0.480 e. The number of carboxylic acid groups (broad SMARTS) is 1. The van der Waals surface area contributed by atoms with E-state index in [9.17, 15) is 14.7 Å². The molecule has 1 N–H and O–H groups in total. The molecule has 4 heteroatoms. The first-order chi connectivity index (χ1) is 15.3. The number of unbranched alkanes of at least 4 members (excludes halogenated alkanes) is 9. The maximum Gasteiger partial charge on any atom is 0.323 e. The molecule has 188 valence electrons. The fraction of sp³-hybridized carbons (Fsp3) is 0.929. The van der Waals surface area contributed by atoms with E-state index in [1.54, 1.807) is 0 Å². The van der Waals surface area contributed by atoms with Crippen LogP contribution in [0.25, 0.3) is 0 Å². The van der Waals surface area contributed by atoms with E-state index >= 15 is 0 Å². The predicted molar refractivity (Wildman–Crippen MR) is 133 cm³/mol. The number of carboxylic acids is 1. The summed E-state index contributed by atoms with van der Waals surface area (Å²) in [6.07, 6.45) is 19.3. The van der Waals surface area contributed by atoms with E-state index in [2.05, 4.69) is 27.7 Å². The number of rotatable bonds is 18. The first-order valence-electron chi connectivity index (χ1n) is 13.7. The van der Waals surface area contributed by atoms with Crippen molar-refractivity contribution in [1.82, 2.24) is 0 Å². The Balaban J connectivity index is 2.24. The molecule has 0 aromatic rings. The second-order valence-corrected chi connectivity index (χ2v) is 11.1. The summed E-state index contributed by atoms with van der Waals surface area (Å²) in [4.78, 5) is 24.8. The molecule has 0 bridgehead atoms. The van der Waals surface area contributed by atoms with Crippen LogP contribution in [0.4, 0.5) is 0 Å². The summed E-state index contributed by atoms with van der Waals surface area (Å²) in [5.74, 6) is -0.209. The molecule has 0 radical (unpaired) electrons. The standard InChI is InChI=1S/C28H52O4/c1-23(2)18-14-11-9-7-5-6-8-10-12-15-19-25(22-24(3)4)32-27(31)28(26(29)30)20-16-13-17-21-28/h23-25H,5-22H2,1-4H3,(H,29,30). The molecule has 4 nitrogen and oxygen atoms in total. The molecular formula is C28H52O4. The van der Waals surface area contributed by atoms with Gasteiger partial charge in [0.2, 0.25) is 0 Å². The maximum absolute atomic E-state index is 12.9. The van der Waals surface area contributed by atoms with Gasteiger partial charge in [0.1, 0.15) is 6.10 Å². The van der Waals surface area contributed by atoms with Crippen molar-refractivity contribution in [3.05, 3.63) is 0 Å². The van der Waals surface area contributed by atoms with Gasteiger partial charge < -0.3 is 9.84 Å². The van der Waals surface area contributed by atoms with Crippen molar-refractivity contribution < 1.29 is 19.4 Å². The van der Waals surface area contributed by atoms with Crippen LogP contribution in [0.1, 0.15) is 143 Å². The Morgan fingerprint density at radius 2 is 1.19 bits per heavy atom. The maximum atomic E-state index is 12.9. The minimum atomic E-state index is -1.30. The van der Waals surface area contributed by atoms with Gasteiger partial charge in [0, 0.05) is 0 Å². The van der Waals surface area contributed by atoms with Gasteiger partial charge in [0.15, 0.2) is 5.41 Å². The van der Waals surface area contributed by atoms with Crippen LogP contribution >= 0.6 is 0 Å². The van der Waals surface area contributed by atoms with Crippen molar-refractivity contribution >= 4 is 11.9 Å². The first-order valence-corrected chi connectivity index (χ1v) is 13.7. The van der Waals surface area contributed by atoms with Gasteiger partial charge in [0.05, 0.1) is 0 Å². The monoisotopic (exact) mass is 452 g/mol. The molecule has 1 rings (SSSR count). The van der Waals surface area contributed by atoms with Gasteiger partial charge in [-0.3, -0.25) is 9.59 Å². The molecule has 0 aromatic carbocycles. The number of carbonyl (C=O) groups excluding carboxylic acids is 1. The summed E-state index contributed by atoms with van der Waals surface area (Å²) in [6.45, 7) is 8.88. The first kappa shape index (κ1) is 29.0.